The molecule has 0 saturated carbocycles. The van der Waals surface area contributed by atoms with E-state index in [1.807, 2.05) is 0 Å². The van der Waals surface area contributed by atoms with Gasteiger partial charge in [0.15, 0.2) is 0 Å². The van der Waals surface area contributed by atoms with E-state index in [0.29, 0.717) is 12.5 Å². The van der Waals surface area contributed by atoms with E-state index in [-0.39, 0.29) is 6.10 Å². The molecule has 1 fully saturated rings. The third-order valence-electron chi connectivity index (χ3n) is 2.83. The molecule has 4 heteroatoms. The number of hydrogen-bond donors (Lipinski definition) is 2. The van der Waals surface area contributed by atoms with Crippen LogP contribution in [-0.2, 0) is 4.74 Å². The van der Waals surface area contributed by atoms with Crippen LogP contribution in [0, 0.1) is 5.92 Å². The number of aliphatic hydroxyl groups excluding tert-OH is 1. The highest BCUT2D eigenvalue weighted by Crippen LogP contribution is 2.03. The molecule has 1 saturated heterocycles. The van der Waals surface area contributed by atoms with Crippen LogP contribution in [-0.4, -0.2) is 62.0 Å². The molecular weight excluding hydrogens is 204 g/mol. The van der Waals surface area contributed by atoms with Crippen molar-refractivity contribution in [2.45, 2.75) is 26.4 Å². The molecule has 1 aliphatic rings. The second-order valence-electron chi connectivity index (χ2n) is 4.94. The van der Waals surface area contributed by atoms with Gasteiger partial charge >= 0.3 is 0 Å². The molecule has 1 aliphatic heterocycles. The molecule has 0 bridgehead atoms. The van der Waals surface area contributed by atoms with E-state index < -0.39 is 0 Å². The van der Waals surface area contributed by atoms with Gasteiger partial charge in [-0.1, -0.05) is 13.8 Å². The third-order valence-corrected chi connectivity index (χ3v) is 2.83. The van der Waals surface area contributed by atoms with Crippen molar-refractivity contribution in [1.82, 2.24) is 10.2 Å². The Morgan fingerprint density at radius 1 is 1.31 bits per heavy atom. The minimum absolute atomic E-state index is 0.204. The lowest BCUT2D eigenvalue weighted by atomic mass is 10.1. The second kappa shape index (κ2) is 8.01. The molecule has 1 atom stereocenters. The van der Waals surface area contributed by atoms with Gasteiger partial charge in [-0.15, -0.1) is 0 Å². The van der Waals surface area contributed by atoms with Crippen molar-refractivity contribution in [2.75, 3.05) is 45.9 Å². The van der Waals surface area contributed by atoms with Crippen LogP contribution in [0.4, 0.5) is 0 Å². The molecule has 0 radical (unpaired) electrons. The number of nitrogens with one attached hydrogen (secondary N) is 1. The molecule has 16 heavy (non-hydrogen) atoms. The number of rotatable bonds is 7. The van der Waals surface area contributed by atoms with Crippen LogP contribution in [0.1, 0.15) is 20.3 Å². The molecule has 0 amide bonds. The quantitative estimate of drug-likeness (QED) is 0.618. The first-order valence-corrected chi connectivity index (χ1v) is 6.37. The zero-order valence-corrected chi connectivity index (χ0v) is 10.6. The highest BCUT2D eigenvalue weighted by molar-refractivity contribution is 4.65. The smallest absolute Gasteiger partial charge is 0.0667 e. The van der Waals surface area contributed by atoms with Gasteiger partial charge in [-0.2, -0.15) is 0 Å². The summed E-state index contributed by atoms with van der Waals surface area (Å²) >= 11 is 0. The maximum atomic E-state index is 9.66. The maximum Gasteiger partial charge on any atom is 0.0667 e. The summed E-state index contributed by atoms with van der Waals surface area (Å²) in [6.45, 7) is 10.8. The van der Waals surface area contributed by atoms with Crippen LogP contribution in [0.25, 0.3) is 0 Å². The van der Waals surface area contributed by atoms with Gasteiger partial charge in [0.25, 0.3) is 0 Å². The first kappa shape index (κ1) is 13.9. The normalized spacial score (nSPS) is 20.2. The molecular formula is C12H26N2O2. The number of nitrogens with zero attached hydrogens (tertiary/aromatic N) is 1. The van der Waals surface area contributed by atoms with Gasteiger partial charge in [0, 0.05) is 32.7 Å². The average Bonchev–Trinajstić information content (AvgIpc) is 2.25. The Morgan fingerprint density at radius 2 is 2.00 bits per heavy atom. The monoisotopic (exact) mass is 230 g/mol. The summed E-state index contributed by atoms with van der Waals surface area (Å²) in [6.07, 6.45) is 0.676. The van der Waals surface area contributed by atoms with Crippen molar-refractivity contribution in [2.24, 2.45) is 5.92 Å². The standard InChI is InChI=1S/C12H26N2O2/c1-11(2)9-12(15)10-13-3-4-14-5-7-16-8-6-14/h11-13,15H,3-10H2,1-2H3. The predicted octanol–water partition coefficient (Wildman–Crippen LogP) is 0.315. The second-order valence-corrected chi connectivity index (χ2v) is 4.94. The molecule has 4 nitrogen and oxygen atoms in total. The molecule has 1 heterocycles. The van der Waals surface area contributed by atoms with Gasteiger partial charge in [0.1, 0.15) is 0 Å². The zero-order chi connectivity index (χ0) is 11.8. The average molecular weight is 230 g/mol. The lowest BCUT2D eigenvalue weighted by Crippen LogP contribution is -2.41. The zero-order valence-electron chi connectivity index (χ0n) is 10.6. The van der Waals surface area contributed by atoms with E-state index in [2.05, 4.69) is 24.1 Å². The van der Waals surface area contributed by atoms with Crippen molar-refractivity contribution in [3.63, 3.8) is 0 Å². The Hall–Kier alpha value is -0.160. The van der Waals surface area contributed by atoms with Crippen LogP contribution in [0.2, 0.25) is 0 Å². The highest BCUT2D eigenvalue weighted by atomic mass is 16.5. The fourth-order valence-corrected chi connectivity index (χ4v) is 1.96. The van der Waals surface area contributed by atoms with Gasteiger partial charge in [-0.05, 0) is 12.3 Å². The Labute approximate surface area is 99.0 Å². The summed E-state index contributed by atoms with van der Waals surface area (Å²) in [5.74, 6) is 0.566. The number of morpholine rings is 1. The highest BCUT2D eigenvalue weighted by Gasteiger charge is 2.10. The Kier molecular flexibility index (Phi) is 6.96. The van der Waals surface area contributed by atoms with Gasteiger partial charge in [-0.3, -0.25) is 4.90 Å². The molecule has 0 aromatic heterocycles. The molecule has 0 spiro atoms. The SMILES string of the molecule is CC(C)CC(O)CNCCN1CCOCC1. The van der Waals surface area contributed by atoms with E-state index in [1.165, 1.54) is 0 Å². The third kappa shape index (κ3) is 6.43. The summed E-state index contributed by atoms with van der Waals surface area (Å²) in [5.41, 5.74) is 0. The summed E-state index contributed by atoms with van der Waals surface area (Å²) in [4.78, 5) is 2.39. The van der Waals surface area contributed by atoms with Crippen LogP contribution in [0.5, 0.6) is 0 Å². The van der Waals surface area contributed by atoms with E-state index in [0.717, 1.165) is 45.8 Å². The topological polar surface area (TPSA) is 44.7 Å². The van der Waals surface area contributed by atoms with Gasteiger partial charge in [0.05, 0.1) is 19.3 Å². The van der Waals surface area contributed by atoms with Crippen molar-refractivity contribution >= 4 is 0 Å². The van der Waals surface area contributed by atoms with Crippen LogP contribution in [0.3, 0.4) is 0 Å². The minimum Gasteiger partial charge on any atom is -0.392 e. The summed E-state index contributed by atoms with van der Waals surface area (Å²) in [5, 5.41) is 13.0. The number of ether oxygens (including phenoxy) is 1. The van der Waals surface area contributed by atoms with Crippen molar-refractivity contribution in [3.05, 3.63) is 0 Å². The van der Waals surface area contributed by atoms with Crippen LogP contribution < -0.4 is 5.32 Å². The van der Waals surface area contributed by atoms with Gasteiger partial charge in [0.2, 0.25) is 0 Å². The predicted molar refractivity (Wildman–Crippen MR) is 65.6 cm³/mol. The van der Waals surface area contributed by atoms with Crippen molar-refractivity contribution in [1.29, 1.82) is 0 Å². The Morgan fingerprint density at radius 3 is 2.62 bits per heavy atom. The van der Waals surface area contributed by atoms with Crippen molar-refractivity contribution < 1.29 is 9.84 Å². The lowest BCUT2D eigenvalue weighted by molar-refractivity contribution is 0.0379. The van der Waals surface area contributed by atoms with Crippen LogP contribution in [0.15, 0.2) is 0 Å². The summed E-state index contributed by atoms with van der Waals surface area (Å²) in [7, 11) is 0. The number of aliphatic hydroxyl groups is 1. The largest absolute Gasteiger partial charge is 0.392 e. The fourth-order valence-electron chi connectivity index (χ4n) is 1.96. The molecule has 96 valence electrons. The van der Waals surface area contributed by atoms with E-state index in [9.17, 15) is 5.11 Å². The molecule has 1 rings (SSSR count). The summed E-state index contributed by atoms with van der Waals surface area (Å²) < 4.78 is 5.29. The molecule has 0 aromatic carbocycles. The molecule has 0 aromatic rings. The Balaban J connectivity index is 1.94. The maximum absolute atomic E-state index is 9.66. The van der Waals surface area contributed by atoms with E-state index in [1.54, 1.807) is 0 Å². The first-order valence-electron chi connectivity index (χ1n) is 6.37. The first-order chi connectivity index (χ1) is 7.68. The van der Waals surface area contributed by atoms with E-state index in [4.69, 9.17) is 4.74 Å². The van der Waals surface area contributed by atoms with Crippen LogP contribution >= 0.6 is 0 Å². The summed E-state index contributed by atoms with van der Waals surface area (Å²) in [6, 6.07) is 0. The van der Waals surface area contributed by atoms with Gasteiger partial charge in [-0.25, -0.2) is 0 Å². The minimum atomic E-state index is -0.204. The molecule has 2 N–H and O–H groups in total. The van der Waals surface area contributed by atoms with Gasteiger partial charge < -0.3 is 15.2 Å². The molecule has 0 aliphatic carbocycles. The van der Waals surface area contributed by atoms with E-state index >= 15 is 0 Å². The number of hydrogen-bond acceptors (Lipinski definition) is 4. The Bertz CT molecular complexity index is 170. The molecule has 1 unspecified atom stereocenters. The van der Waals surface area contributed by atoms with Crippen molar-refractivity contribution in [3.8, 4) is 0 Å². The fraction of sp³-hybridized carbons (Fsp3) is 1.00. The lowest BCUT2D eigenvalue weighted by Gasteiger charge is -2.26.